The van der Waals surface area contributed by atoms with Gasteiger partial charge in [0.15, 0.2) is 11.5 Å². The van der Waals surface area contributed by atoms with E-state index in [2.05, 4.69) is 16.4 Å². The number of aromatic nitrogens is 3. The molecule has 1 aliphatic heterocycles. The Kier molecular flexibility index (Phi) is 6.76. The molecule has 0 atom stereocenters. The van der Waals surface area contributed by atoms with E-state index in [1.807, 2.05) is 0 Å². The van der Waals surface area contributed by atoms with Crippen molar-refractivity contribution in [2.75, 3.05) is 6.79 Å². The van der Waals surface area contributed by atoms with Crippen LogP contribution >= 0.6 is 0 Å². The van der Waals surface area contributed by atoms with Crippen LogP contribution in [0, 0.1) is 52.2 Å². The summed E-state index contributed by atoms with van der Waals surface area (Å²) in [7, 11) is 0. The van der Waals surface area contributed by atoms with Gasteiger partial charge in [-0.15, -0.1) is 6.20 Å². The van der Waals surface area contributed by atoms with E-state index < -0.39 is 5.97 Å². The molecule has 3 rings (SSSR count). The van der Waals surface area contributed by atoms with Gasteiger partial charge in [-0.1, -0.05) is 0 Å². The quantitative estimate of drug-likeness (QED) is 0.628. The Morgan fingerprint density at radius 1 is 1.35 bits per heavy atom. The van der Waals surface area contributed by atoms with Crippen molar-refractivity contribution in [2.45, 2.75) is 0 Å². The van der Waals surface area contributed by atoms with Crippen LogP contribution in [0.15, 0.2) is 18.3 Å². The minimum absolute atomic E-state index is 0. The summed E-state index contributed by atoms with van der Waals surface area (Å²) in [4.78, 5) is 12.4. The topological polar surface area (TPSA) is 86.5 Å². The molecule has 1 aromatic heterocycles. The van der Waals surface area contributed by atoms with Crippen molar-refractivity contribution in [3.63, 3.8) is 0 Å². The summed E-state index contributed by atoms with van der Waals surface area (Å²) in [6, 6.07) is 3.18. The van der Waals surface area contributed by atoms with E-state index in [0.29, 0.717) is 11.4 Å². The first kappa shape index (κ1) is 18.5. The van der Waals surface area contributed by atoms with Gasteiger partial charge in [-0.05, 0) is 12.1 Å². The molecular weight excluding hydrogens is 488 g/mol. The normalized spacial score (nSPS) is 10.8. The van der Waals surface area contributed by atoms with Crippen LogP contribution in [0.5, 0.6) is 11.5 Å². The number of benzene rings is 1. The zero-order valence-corrected chi connectivity index (χ0v) is 15.1. The number of hydrogen-bond donors (Lipinski definition) is 1. The van der Waals surface area contributed by atoms with Gasteiger partial charge in [0.1, 0.15) is 11.3 Å². The molecule has 0 bridgehead atoms. The van der Waals surface area contributed by atoms with E-state index in [1.165, 1.54) is 11.0 Å². The largest absolute Gasteiger partial charge is 3.00 e. The maximum absolute atomic E-state index is 11.3. The van der Waals surface area contributed by atoms with Crippen molar-refractivity contribution in [3.8, 4) is 17.2 Å². The minimum atomic E-state index is -1.13. The van der Waals surface area contributed by atoms with Crippen LogP contribution in [0.25, 0.3) is 5.69 Å². The molecule has 0 saturated carbocycles. The van der Waals surface area contributed by atoms with Gasteiger partial charge >= 0.3 is 37.1 Å². The Morgan fingerprint density at radius 2 is 2.10 bits per heavy atom. The van der Waals surface area contributed by atoms with Crippen LogP contribution in [0.3, 0.4) is 0 Å². The number of ether oxygens (including phenoxy) is 2. The van der Waals surface area contributed by atoms with Gasteiger partial charge in [0.25, 0.3) is 0 Å². The molecule has 1 N–H and O–H groups in total. The zero-order valence-electron chi connectivity index (χ0n) is 11.0. The Balaban J connectivity index is 0.00000120. The fourth-order valence-corrected chi connectivity index (χ4v) is 1.64. The van der Waals surface area contributed by atoms with E-state index in [0.717, 1.165) is 0 Å². The van der Waals surface area contributed by atoms with E-state index >= 15 is 0 Å². The first-order chi connectivity index (χ1) is 8.27. The Bertz CT molecular complexity index is 587. The van der Waals surface area contributed by atoms with Crippen LogP contribution in [-0.2, 0) is 0 Å². The van der Waals surface area contributed by atoms with E-state index in [-0.39, 0.29) is 64.1 Å². The van der Waals surface area contributed by atoms with Gasteiger partial charge in [0, 0.05) is 0 Å². The number of fused-ring (bicyclic) bond motifs is 1. The molecule has 8 heteroatoms. The van der Waals surface area contributed by atoms with Crippen LogP contribution in [0.2, 0.25) is 0 Å². The van der Waals surface area contributed by atoms with Crippen molar-refractivity contribution < 1.29 is 50.5 Å². The maximum Gasteiger partial charge on any atom is 3.00 e. The molecule has 1 radical (unpaired) electrons. The SMILES string of the molecule is O=C(O)c1c(-n2n[c-]cn2)ccc2c1OCO2.[CH3-].[CH3-].[U+3]. The Morgan fingerprint density at radius 3 is 2.70 bits per heavy atom. The predicted octanol–water partition coefficient (Wildman–Crippen LogP) is 1.39. The fourth-order valence-electron chi connectivity index (χ4n) is 1.64. The van der Waals surface area contributed by atoms with Crippen LogP contribution < -0.4 is 9.47 Å². The molecule has 0 aliphatic carbocycles. The summed E-state index contributed by atoms with van der Waals surface area (Å²) in [5, 5.41) is 16.8. The van der Waals surface area contributed by atoms with Gasteiger partial charge in [-0.25, -0.2) is 4.79 Å². The van der Waals surface area contributed by atoms with Gasteiger partial charge in [-0.3, -0.25) is 0 Å². The standard InChI is InChI=1S/C10H6N3O4.2CH3.U/c14-10(15)8-6(13-11-3-4-12-13)1-2-7-9(8)17-5-16-7;;;/h1-3H,5H2,(H,14,15);2*1H3;/q3*-1;+3. The molecule has 20 heavy (non-hydrogen) atoms. The molecule has 2 aromatic rings. The number of hydrogen-bond acceptors (Lipinski definition) is 5. The zero-order chi connectivity index (χ0) is 11.8. The molecular formula is C12H12N3O4U. The third-order valence-corrected chi connectivity index (χ3v) is 2.32. The van der Waals surface area contributed by atoms with Crippen molar-refractivity contribution >= 4 is 5.97 Å². The van der Waals surface area contributed by atoms with E-state index in [9.17, 15) is 9.90 Å². The fraction of sp³-hybridized carbons (Fsp3) is 0.0833. The average molecular weight is 500 g/mol. The maximum atomic E-state index is 11.3. The van der Waals surface area contributed by atoms with Crippen molar-refractivity contribution in [3.05, 3.63) is 44.9 Å². The summed E-state index contributed by atoms with van der Waals surface area (Å²) >= 11 is 0. The molecule has 0 unspecified atom stereocenters. The molecule has 0 fully saturated rings. The van der Waals surface area contributed by atoms with Crippen LogP contribution in [-0.4, -0.2) is 32.9 Å². The summed E-state index contributed by atoms with van der Waals surface area (Å²) in [5.41, 5.74) is 0.285. The summed E-state index contributed by atoms with van der Waals surface area (Å²) < 4.78 is 10.3. The smallest absolute Gasteiger partial charge is 0.477 e. The number of carboxylic acid groups (broad SMARTS) is 1. The molecule has 0 spiro atoms. The Hall–Kier alpha value is -1.52. The van der Waals surface area contributed by atoms with Crippen LogP contribution in [0.1, 0.15) is 10.4 Å². The van der Waals surface area contributed by atoms with Gasteiger partial charge in [0.05, 0.1) is 0 Å². The second-order valence-electron chi connectivity index (χ2n) is 3.26. The average Bonchev–Trinajstić information content (AvgIpc) is 2.98. The van der Waals surface area contributed by atoms with Gasteiger partial charge in [0.2, 0.25) is 6.79 Å². The number of carboxylic acids is 1. The molecule has 1 aromatic carbocycles. The number of aromatic carboxylic acids is 1. The third-order valence-electron chi connectivity index (χ3n) is 2.32. The van der Waals surface area contributed by atoms with Crippen molar-refractivity contribution in [2.24, 2.45) is 0 Å². The summed E-state index contributed by atoms with van der Waals surface area (Å²) in [6.45, 7) is 0.0116. The first-order valence-electron chi connectivity index (χ1n) is 4.72. The second-order valence-corrected chi connectivity index (χ2v) is 3.26. The monoisotopic (exact) mass is 500 g/mol. The summed E-state index contributed by atoms with van der Waals surface area (Å²) in [5.74, 6) is -0.519. The second kappa shape index (κ2) is 7.31. The van der Waals surface area contributed by atoms with Gasteiger partial charge < -0.3 is 40.7 Å². The molecule has 0 saturated heterocycles. The van der Waals surface area contributed by atoms with Gasteiger partial charge in [-0.2, -0.15) is 9.90 Å². The molecule has 7 nitrogen and oxygen atoms in total. The molecule has 2 heterocycles. The molecule has 103 valence electrons. The van der Waals surface area contributed by atoms with Crippen molar-refractivity contribution in [1.82, 2.24) is 15.0 Å². The predicted molar refractivity (Wildman–Crippen MR) is 66.1 cm³/mol. The van der Waals surface area contributed by atoms with Crippen molar-refractivity contribution in [1.29, 1.82) is 0 Å². The minimum Gasteiger partial charge on any atom is -0.477 e. The number of carbonyl (C=O) groups is 1. The number of nitrogens with zero attached hydrogens (tertiary/aromatic N) is 3. The summed E-state index contributed by atoms with van der Waals surface area (Å²) in [6.07, 6.45) is 3.84. The van der Waals surface area contributed by atoms with E-state index in [4.69, 9.17) is 9.47 Å². The number of rotatable bonds is 2. The molecule has 0 amide bonds. The van der Waals surface area contributed by atoms with E-state index in [1.54, 1.807) is 12.1 Å². The third kappa shape index (κ3) is 2.97. The molecule has 1 aliphatic rings. The Labute approximate surface area is 140 Å². The van der Waals surface area contributed by atoms with Crippen LogP contribution in [0.4, 0.5) is 0 Å². The first-order valence-corrected chi connectivity index (χ1v) is 4.72.